The van der Waals surface area contributed by atoms with Gasteiger partial charge in [-0.05, 0) is 59.0 Å². The quantitative estimate of drug-likeness (QED) is 0.672. The van der Waals surface area contributed by atoms with Crippen LogP contribution in [0, 0.1) is 13.8 Å². The van der Waals surface area contributed by atoms with Crippen molar-refractivity contribution >= 4 is 15.9 Å². The van der Waals surface area contributed by atoms with Crippen LogP contribution < -0.4 is 11.3 Å². The molecule has 4 heteroatoms. The predicted octanol–water partition coefficient (Wildman–Crippen LogP) is 3.21. The Balaban J connectivity index is 2.27. The van der Waals surface area contributed by atoms with E-state index in [1.807, 2.05) is 6.20 Å². The van der Waals surface area contributed by atoms with Crippen LogP contribution in [0.4, 0.5) is 0 Å². The molecule has 0 amide bonds. The summed E-state index contributed by atoms with van der Waals surface area (Å²) in [6.45, 7) is 4.20. The molecule has 3 nitrogen and oxygen atoms in total. The zero-order valence-electron chi connectivity index (χ0n) is 11.2. The van der Waals surface area contributed by atoms with Crippen molar-refractivity contribution in [3.63, 3.8) is 0 Å². The lowest BCUT2D eigenvalue weighted by Crippen LogP contribution is -2.30. The summed E-state index contributed by atoms with van der Waals surface area (Å²) in [7, 11) is 0. The number of nitrogens with zero attached hydrogens (tertiary/aromatic N) is 1. The Morgan fingerprint density at radius 2 is 2.05 bits per heavy atom. The number of hydrogen-bond acceptors (Lipinski definition) is 3. The van der Waals surface area contributed by atoms with Crippen molar-refractivity contribution in [2.75, 3.05) is 0 Å². The first-order valence-corrected chi connectivity index (χ1v) is 7.02. The third-order valence-corrected chi connectivity index (χ3v) is 3.65. The molecule has 1 heterocycles. The Morgan fingerprint density at radius 1 is 1.26 bits per heavy atom. The Hall–Kier alpha value is -1.23. The Bertz CT molecular complexity index is 569. The van der Waals surface area contributed by atoms with Gasteiger partial charge in [0.1, 0.15) is 0 Å². The molecule has 2 rings (SSSR count). The summed E-state index contributed by atoms with van der Waals surface area (Å²) in [6, 6.07) is 8.60. The van der Waals surface area contributed by atoms with E-state index in [9.17, 15) is 0 Å². The van der Waals surface area contributed by atoms with E-state index in [0.29, 0.717) is 0 Å². The summed E-state index contributed by atoms with van der Waals surface area (Å²) >= 11 is 3.44. The van der Waals surface area contributed by atoms with E-state index < -0.39 is 0 Å². The summed E-state index contributed by atoms with van der Waals surface area (Å²) in [5.41, 5.74) is 7.79. The minimum Gasteiger partial charge on any atom is -0.271 e. The smallest absolute Gasteiger partial charge is 0.0503 e. The average molecular weight is 320 g/mol. The van der Waals surface area contributed by atoms with Crippen molar-refractivity contribution in [1.29, 1.82) is 0 Å². The molecule has 0 saturated heterocycles. The number of nitrogens with two attached hydrogens (primary N) is 1. The molecule has 1 aromatic heterocycles. The monoisotopic (exact) mass is 319 g/mol. The van der Waals surface area contributed by atoms with Crippen molar-refractivity contribution in [3.8, 4) is 0 Å². The molecule has 1 aromatic carbocycles. The fourth-order valence-electron chi connectivity index (χ4n) is 2.20. The summed E-state index contributed by atoms with van der Waals surface area (Å²) in [6.07, 6.45) is 4.47. The SMILES string of the molecule is Cc1ccc(C)c(C(Cc2cncc(Br)c2)NN)c1. The molecule has 0 aliphatic rings. The predicted molar refractivity (Wildman–Crippen MR) is 81.6 cm³/mol. The highest BCUT2D eigenvalue weighted by Gasteiger charge is 2.13. The van der Waals surface area contributed by atoms with Crippen LogP contribution in [0.1, 0.15) is 28.3 Å². The van der Waals surface area contributed by atoms with Crippen LogP contribution >= 0.6 is 15.9 Å². The maximum atomic E-state index is 5.73. The van der Waals surface area contributed by atoms with E-state index in [-0.39, 0.29) is 6.04 Å². The molecule has 0 radical (unpaired) electrons. The van der Waals surface area contributed by atoms with E-state index >= 15 is 0 Å². The maximum Gasteiger partial charge on any atom is 0.0503 e. The Labute approximate surface area is 122 Å². The Morgan fingerprint density at radius 3 is 2.74 bits per heavy atom. The van der Waals surface area contributed by atoms with Gasteiger partial charge in [-0.1, -0.05) is 23.8 Å². The number of nitrogens with one attached hydrogen (secondary N) is 1. The van der Waals surface area contributed by atoms with Gasteiger partial charge in [0.2, 0.25) is 0 Å². The van der Waals surface area contributed by atoms with Crippen molar-refractivity contribution in [1.82, 2.24) is 10.4 Å². The minimum atomic E-state index is 0.0935. The molecule has 1 unspecified atom stereocenters. The first kappa shape index (κ1) is 14.2. The molecule has 0 spiro atoms. The van der Waals surface area contributed by atoms with Crippen molar-refractivity contribution in [2.24, 2.45) is 5.84 Å². The summed E-state index contributed by atoms with van der Waals surface area (Å²) in [5.74, 6) is 5.73. The lowest BCUT2D eigenvalue weighted by molar-refractivity contribution is 0.548. The molecule has 2 aromatic rings. The van der Waals surface area contributed by atoms with E-state index in [4.69, 9.17) is 5.84 Å². The highest BCUT2D eigenvalue weighted by Crippen LogP contribution is 2.23. The third-order valence-electron chi connectivity index (χ3n) is 3.21. The molecular formula is C15H18BrN3. The third kappa shape index (κ3) is 3.62. The number of benzene rings is 1. The van der Waals surface area contributed by atoms with Crippen LogP contribution in [0.25, 0.3) is 0 Å². The van der Waals surface area contributed by atoms with Gasteiger partial charge in [0.25, 0.3) is 0 Å². The van der Waals surface area contributed by atoms with E-state index in [1.165, 1.54) is 16.7 Å². The van der Waals surface area contributed by atoms with Gasteiger partial charge in [-0.2, -0.15) is 0 Å². The van der Waals surface area contributed by atoms with Crippen molar-refractivity contribution < 1.29 is 0 Å². The van der Waals surface area contributed by atoms with Crippen molar-refractivity contribution in [3.05, 3.63) is 63.4 Å². The second kappa shape index (κ2) is 6.28. The number of pyridine rings is 1. The molecule has 19 heavy (non-hydrogen) atoms. The largest absolute Gasteiger partial charge is 0.271 e. The second-order valence-electron chi connectivity index (χ2n) is 4.79. The number of hydrogen-bond donors (Lipinski definition) is 2. The fraction of sp³-hybridized carbons (Fsp3) is 0.267. The lowest BCUT2D eigenvalue weighted by Gasteiger charge is -2.19. The first-order valence-electron chi connectivity index (χ1n) is 6.23. The van der Waals surface area contributed by atoms with Gasteiger partial charge in [0, 0.05) is 16.9 Å². The van der Waals surface area contributed by atoms with Gasteiger partial charge in [0.05, 0.1) is 6.04 Å². The van der Waals surface area contributed by atoms with Crippen LogP contribution in [-0.2, 0) is 6.42 Å². The molecule has 0 aliphatic heterocycles. The molecule has 3 N–H and O–H groups in total. The van der Waals surface area contributed by atoms with Crippen LogP contribution in [0.3, 0.4) is 0 Å². The summed E-state index contributed by atoms with van der Waals surface area (Å²) in [4.78, 5) is 4.19. The average Bonchev–Trinajstić information content (AvgIpc) is 2.39. The molecule has 0 aliphatic carbocycles. The molecule has 0 bridgehead atoms. The number of aromatic nitrogens is 1. The molecule has 0 saturated carbocycles. The summed E-state index contributed by atoms with van der Waals surface area (Å²) < 4.78 is 0.988. The second-order valence-corrected chi connectivity index (χ2v) is 5.71. The first-order chi connectivity index (χ1) is 9.10. The molecule has 100 valence electrons. The highest BCUT2D eigenvalue weighted by atomic mass is 79.9. The number of aryl methyl sites for hydroxylation is 2. The van der Waals surface area contributed by atoms with Gasteiger partial charge in [0.15, 0.2) is 0 Å². The zero-order chi connectivity index (χ0) is 13.8. The highest BCUT2D eigenvalue weighted by molar-refractivity contribution is 9.10. The van der Waals surface area contributed by atoms with Crippen LogP contribution in [-0.4, -0.2) is 4.98 Å². The maximum absolute atomic E-state index is 5.73. The zero-order valence-corrected chi connectivity index (χ0v) is 12.7. The Kier molecular flexibility index (Phi) is 4.69. The van der Waals surface area contributed by atoms with Gasteiger partial charge >= 0.3 is 0 Å². The van der Waals surface area contributed by atoms with Crippen LogP contribution in [0.5, 0.6) is 0 Å². The van der Waals surface area contributed by atoms with E-state index in [2.05, 4.69) is 64.5 Å². The number of halogens is 1. The lowest BCUT2D eigenvalue weighted by atomic mass is 9.95. The fourth-order valence-corrected chi connectivity index (χ4v) is 2.61. The molecular weight excluding hydrogens is 302 g/mol. The molecule has 0 fully saturated rings. The van der Waals surface area contributed by atoms with Crippen molar-refractivity contribution in [2.45, 2.75) is 26.3 Å². The van der Waals surface area contributed by atoms with Gasteiger partial charge in [-0.3, -0.25) is 16.3 Å². The number of hydrazine groups is 1. The number of rotatable bonds is 4. The van der Waals surface area contributed by atoms with E-state index in [0.717, 1.165) is 16.5 Å². The topological polar surface area (TPSA) is 50.9 Å². The van der Waals surface area contributed by atoms with Crippen LogP contribution in [0.2, 0.25) is 0 Å². The van der Waals surface area contributed by atoms with Gasteiger partial charge in [-0.15, -0.1) is 0 Å². The molecule has 1 atom stereocenters. The van der Waals surface area contributed by atoms with Crippen LogP contribution in [0.15, 0.2) is 41.1 Å². The standard InChI is InChI=1S/C15H18BrN3/c1-10-3-4-11(2)14(5-10)15(19-17)7-12-6-13(16)9-18-8-12/h3-6,8-9,15,19H,7,17H2,1-2H3. The van der Waals surface area contributed by atoms with Gasteiger partial charge < -0.3 is 0 Å². The van der Waals surface area contributed by atoms with Gasteiger partial charge in [-0.25, -0.2) is 0 Å². The summed E-state index contributed by atoms with van der Waals surface area (Å²) in [5, 5.41) is 0. The van der Waals surface area contributed by atoms with E-state index in [1.54, 1.807) is 6.20 Å². The normalized spacial score (nSPS) is 12.4. The minimum absolute atomic E-state index is 0.0935.